The molecule has 0 saturated heterocycles. The lowest BCUT2D eigenvalue weighted by molar-refractivity contribution is -0.132. The van der Waals surface area contributed by atoms with Gasteiger partial charge in [-0.2, -0.15) is 0 Å². The Kier molecular flexibility index (Phi) is 7.80. The minimum absolute atomic E-state index is 0.00919. The van der Waals surface area contributed by atoms with Crippen molar-refractivity contribution in [3.63, 3.8) is 0 Å². The van der Waals surface area contributed by atoms with Gasteiger partial charge < -0.3 is 15.3 Å². The van der Waals surface area contributed by atoms with Crippen LogP contribution in [0.4, 0.5) is 5.69 Å². The SMILES string of the molecule is CCCN(CCC)C(=O)CCC(=O)Nc1ccc(C(=O)O)cc1. The van der Waals surface area contributed by atoms with Gasteiger partial charge in [-0.05, 0) is 37.1 Å². The third-order valence-corrected chi connectivity index (χ3v) is 3.32. The summed E-state index contributed by atoms with van der Waals surface area (Å²) in [7, 11) is 0. The van der Waals surface area contributed by atoms with Gasteiger partial charge in [0.05, 0.1) is 5.56 Å². The number of carbonyl (C=O) groups is 3. The largest absolute Gasteiger partial charge is 0.478 e. The highest BCUT2D eigenvalue weighted by atomic mass is 16.4. The first kappa shape index (κ1) is 18.7. The Morgan fingerprint density at radius 3 is 2.04 bits per heavy atom. The van der Waals surface area contributed by atoms with Crippen LogP contribution in [0.3, 0.4) is 0 Å². The van der Waals surface area contributed by atoms with Gasteiger partial charge in [-0.15, -0.1) is 0 Å². The number of benzene rings is 1. The summed E-state index contributed by atoms with van der Waals surface area (Å²) < 4.78 is 0. The van der Waals surface area contributed by atoms with E-state index < -0.39 is 5.97 Å². The molecule has 6 nitrogen and oxygen atoms in total. The third kappa shape index (κ3) is 6.50. The van der Waals surface area contributed by atoms with Crippen LogP contribution in [-0.4, -0.2) is 40.9 Å². The molecule has 6 heteroatoms. The number of hydrogen-bond donors (Lipinski definition) is 2. The Hall–Kier alpha value is -2.37. The standard InChI is InChI=1S/C17H24N2O4/c1-3-11-19(12-4-2)16(21)10-9-15(20)18-14-7-5-13(6-8-14)17(22)23/h5-8H,3-4,9-12H2,1-2H3,(H,18,20)(H,22,23). The summed E-state index contributed by atoms with van der Waals surface area (Å²) in [6.45, 7) is 5.46. The van der Waals surface area contributed by atoms with E-state index in [-0.39, 0.29) is 30.2 Å². The van der Waals surface area contributed by atoms with Crippen molar-refractivity contribution in [2.24, 2.45) is 0 Å². The van der Waals surface area contributed by atoms with Gasteiger partial charge in [0.15, 0.2) is 0 Å². The molecule has 1 rings (SSSR count). The number of anilines is 1. The second-order valence-corrected chi connectivity index (χ2v) is 5.31. The summed E-state index contributed by atoms with van der Waals surface area (Å²) >= 11 is 0. The Morgan fingerprint density at radius 2 is 1.57 bits per heavy atom. The van der Waals surface area contributed by atoms with Crippen molar-refractivity contribution in [3.8, 4) is 0 Å². The molecular weight excluding hydrogens is 296 g/mol. The molecule has 0 unspecified atom stereocenters. The average Bonchev–Trinajstić information content (AvgIpc) is 2.53. The lowest BCUT2D eigenvalue weighted by Gasteiger charge is -2.21. The summed E-state index contributed by atoms with van der Waals surface area (Å²) in [5, 5.41) is 11.5. The quantitative estimate of drug-likeness (QED) is 0.732. The van der Waals surface area contributed by atoms with Crippen molar-refractivity contribution in [1.29, 1.82) is 0 Å². The molecule has 0 radical (unpaired) electrons. The molecule has 2 N–H and O–H groups in total. The third-order valence-electron chi connectivity index (χ3n) is 3.32. The first-order valence-corrected chi connectivity index (χ1v) is 7.88. The van der Waals surface area contributed by atoms with Crippen LogP contribution >= 0.6 is 0 Å². The molecule has 0 aromatic heterocycles. The Morgan fingerprint density at radius 1 is 1.00 bits per heavy atom. The van der Waals surface area contributed by atoms with Crippen molar-refractivity contribution < 1.29 is 19.5 Å². The molecule has 0 saturated carbocycles. The number of rotatable bonds is 9. The maximum absolute atomic E-state index is 12.1. The number of carboxylic acid groups (broad SMARTS) is 1. The minimum Gasteiger partial charge on any atom is -0.478 e. The number of carbonyl (C=O) groups excluding carboxylic acids is 2. The van der Waals surface area contributed by atoms with Gasteiger partial charge in [0, 0.05) is 31.6 Å². The van der Waals surface area contributed by atoms with Gasteiger partial charge in [-0.3, -0.25) is 9.59 Å². The van der Waals surface area contributed by atoms with E-state index in [0.717, 1.165) is 12.8 Å². The van der Waals surface area contributed by atoms with E-state index in [9.17, 15) is 14.4 Å². The molecule has 0 fully saturated rings. The highest BCUT2D eigenvalue weighted by molar-refractivity contribution is 5.94. The van der Waals surface area contributed by atoms with E-state index >= 15 is 0 Å². The number of nitrogens with zero attached hydrogens (tertiary/aromatic N) is 1. The smallest absolute Gasteiger partial charge is 0.335 e. The van der Waals surface area contributed by atoms with Crippen molar-refractivity contribution >= 4 is 23.5 Å². The predicted molar refractivity (Wildman–Crippen MR) is 88.4 cm³/mol. The summed E-state index contributed by atoms with van der Waals surface area (Å²) in [4.78, 5) is 36.5. The molecule has 0 aliphatic carbocycles. The second-order valence-electron chi connectivity index (χ2n) is 5.31. The van der Waals surface area contributed by atoms with Crippen LogP contribution in [0, 0.1) is 0 Å². The van der Waals surface area contributed by atoms with Gasteiger partial charge in [-0.1, -0.05) is 13.8 Å². The number of amides is 2. The summed E-state index contributed by atoms with van der Waals surface area (Å²) in [5.41, 5.74) is 0.680. The second kappa shape index (κ2) is 9.61. The fourth-order valence-electron chi connectivity index (χ4n) is 2.20. The highest BCUT2D eigenvalue weighted by Gasteiger charge is 2.13. The summed E-state index contributed by atoms with van der Waals surface area (Å²) in [6.07, 6.45) is 2.09. The minimum atomic E-state index is -1.01. The molecule has 0 heterocycles. The number of nitrogens with one attached hydrogen (secondary N) is 1. The predicted octanol–water partition coefficient (Wildman–Crippen LogP) is 2.75. The normalized spacial score (nSPS) is 10.2. The molecule has 23 heavy (non-hydrogen) atoms. The van der Waals surface area contributed by atoms with Gasteiger partial charge >= 0.3 is 5.97 Å². The number of aromatic carboxylic acids is 1. The van der Waals surface area contributed by atoms with E-state index in [4.69, 9.17) is 5.11 Å². The first-order valence-electron chi connectivity index (χ1n) is 7.88. The number of carboxylic acids is 1. The first-order chi connectivity index (χ1) is 11.0. The molecule has 0 aliphatic heterocycles. The highest BCUT2D eigenvalue weighted by Crippen LogP contribution is 2.10. The zero-order valence-corrected chi connectivity index (χ0v) is 13.7. The molecule has 0 spiro atoms. The van der Waals surface area contributed by atoms with Crippen LogP contribution in [0.5, 0.6) is 0 Å². The summed E-state index contributed by atoms with van der Waals surface area (Å²) in [5.74, 6) is -1.28. The molecule has 0 bridgehead atoms. The maximum Gasteiger partial charge on any atom is 0.335 e. The van der Waals surface area contributed by atoms with Crippen LogP contribution in [0.1, 0.15) is 49.9 Å². The van der Waals surface area contributed by atoms with Crippen LogP contribution in [-0.2, 0) is 9.59 Å². The zero-order valence-electron chi connectivity index (χ0n) is 13.7. The monoisotopic (exact) mass is 320 g/mol. The van der Waals surface area contributed by atoms with Crippen molar-refractivity contribution in [2.45, 2.75) is 39.5 Å². The molecule has 126 valence electrons. The van der Waals surface area contributed by atoms with Crippen LogP contribution in [0.25, 0.3) is 0 Å². The number of hydrogen-bond acceptors (Lipinski definition) is 3. The fourth-order valence-corrected chi connectivity index (χ4v) is 2.20. The van der Waals surface area contributed by atoms with Crippen LogP contribution in [0.15, 0.2) is 24.3 Å². The van der Waals surface area contributed by atoms with E-state index in [2.05, 4.69) is 5.32 Å². The van der Waals surface area contributed by atoms with Gasteiger partial charge in [0.25, 0.3) is 0 Å². The Labute approximate surface area is 136 Å². The van der Waals surface area contributed by atoms with Crippen molar-refractivity contribution in [3.05, 3.63) is 29.8 Å². The molecular formula is C17H24N2O4. The molecule has 1 aromatic carbocycles. The maximum atomic E-state index is 12.1. The van der Waals surface area contributed by atoms with Gasteiger partial charge in [0.2, 0.25) is 11.8 Å². The Balaban J connectivity index is 2.46. The van der Waals surface area contributed by atoms with E-state index in [1.165, 1.54) is 24.3 Å². The van der Waals surface area contributed by atoms with Gasteiger partial charge in [-0.25, -0.2) is 4.79 Å². The van der Waals surface area contributed by atoms with Crippen molar-refractivity contribution in [1.82, 2.24) is 4.90 Å². The molecule has 2 amide bonds. The van der Waals surface area contributed by atoms with Crippen molar-refractivity contribution in [2.75, 3.05) is 18.4 Å². The fraction of sp³-hybridized carbons (Fsp3) is 0.471. The van der Waals surface area contributed by atoms with Gasteiger partial charge in [0.1, 0.15) is 0 Å². The summed E-state index contributed by atoms with van der Waals surface area (Å²) in [6, 6.07) is 5.91. The zero-order chi connectivity index (χ0) is 17.2. The van der Waals surface area contributed by atoms with E-state index in [0.29, 0.717) is 18.8 Å². The van der Waals surface area contributed by atoms with E-state index in [1.807, 2.05) is 13.8 Å². The van der Waals surface area contributed by atoms with E-state index in [1.54, 1.807) is 4.90 Å². The Bertz CT molecular complexity index is 534. The molecule has 0 atom stereocenters. The average molecular weight is 320 g/mol. The lowest BCUT2D eigenvalue weighted by Crippen LogP contribution is -2.33. The topological polar surface area (TPSA) is 86.7 Å². The molecule has 1 aromatic rings. The lowest BCUT2D eigenvalue weighted by atomic mass is 10.2. The van der Waals surface area contributed by atoms with Crippen LogP contribution < -0.4 is 5.32 Å². The molecule has 0 aliphatic rings. The van der Waals surface area contributed by atoms with Crippen LogP contribution in [0.2, 0.25) is 0 Å².